The number of rotatable bonds is 6. The van der Waals surface area contributed by atoms with Crippen molar-refractivity contribution in [3.8, 4) is 5.75 Å². The Morgan fingerprint density at radius 2 is 2.06 bits per heavy atom. The topological polar surface area (TPSA) is 64.2 Å². The Kier molecular flexibility index (Phi) is 7.44. The van der Waals surface area contributed by atoms with Gasteiger partial charge in [0.1, 0.15) is 5.84 Å². The monoisotopic (exact) mass is 442 g/mol. The van der Waals surface area contributed by atoms with Gasteiger partial charge in [0.05, 0.1) is 13.7 Å². The standard InChI is InChI=1S/C24H35FN6O/c1-30(2)10-4-7-27-21-14-20(29-22-15-23(32-3)19(25)13-18(21)22)17-5-6-24(28-16-17)31-11-8-26-9-12-31/h5-6,13,15,21,26-27,29H,4,7-12,14,16H2,1-3H3/b20-17+. The maximum atomic E-state index is 14.5. The van der Waals surface area contributed by atoms with Gasteiger partial charge in [0.25, 0.3) is 0 Å². The first kappa shape index (κ1) is 22.8. The molecule has 0 aliphatic carbocycles. The quantitative estimate of drug-likeness (QED) is 0.588. The van der Waals surface area contributed by atoms with Crippen molar-refractivity contribution in [2.45, 2.75) is 18.9 Å². The maximum absolute atomic E-state index is 14.5. The van der Waals surface area contributed by atoms with Crippen LogP contribution in [0.1, 0.15) is 24.4 Å². The Morgan fingerprint density at radius 3 is 2.75 bits per heavy atom. The summed E-state index contributed by atoms with van der Waals surface area (Å²) in [4.78, 5) is 9.36. The molecule has 32 heavy (non-hydrogen) atoms. The zero-order valence-electron chi connectivity index (χ0n) is 19.4. The van der Waals surface area contributed by atoms with Gasteiger partial charge in [0, 0.05) is 56.1 Å². The number of aliphatic imine (C=N–C) groups is 1. The van der Waals surface area contributed by atoms with Gasteiger partial charge in [-0.25, -0.2) is 4.39 Å². The van der Waals surface area contributed by atoms with Crippen LogP contribution in [-0.4, -0.2) is 82.7 Å². The number of amidine groups is 1. The predicted molar refractivity (Wildman–Crippen MR) is 128 cm³/mol. The highest BCUT2D eigenvalue weighted by atomic mass is 19.1. The third-order valence-corrected chi connectivity index (χ3v) is 6.24. The predicted octanol–water partition coefficient (Wildman–Crippen LogP) is 2.36. The minimum atomic E-state index is -0.327. The van der Waals surface area contributed by atoms with Gasteiger partial charge >= 0.3 is 0 Å². The molecule has 8 heteroatoms. The number of nitrogens with zero attached hydrogens (tertiary/aromatic N) is 3. The zero-order valence-corrected chi connectivity index (χ0v) is 19.4. The largest absolute Gasteiger partial charge is 0.494 e. The number of ether oxygens (including phenoxy) is 1. The number of halogens is 1. The fourth-order valence-corrected chi connectivity index (χ4v) is 4.46. The first-order valence-corrected chi connectivity index (χ1v) is 11.5. The molecule has 3 aliphatic rings. The lowest BCUT2D eigenvalue weighted by atomic mass is 9.92. The molecule has 1 atom stereocenters. The van der Waals surface area contributed by atoms with E-state index in [1.54, 1.807) is 12.1 Å². The normalized spacial score (nSPS) is 23.1. The molecule has 0 saturated carbocycles. The molecule has 1 aromatic carbocycles. The molecule has 3 N–H and O–H groups in total. The molecule has 1 unspecified atom stereocenters. The number of nitrogens with one attached hydrogen (secondary N) is 3. The third kappa shape index (κ3) is 5.31. The summed E-state index contributed by atoms with van der Waals surface area (Å²) in [5, 5.41) is 10.6. The van der Waals surface area contributed by atoms with Crippen LogP contribution < -0.4 is 20.7 Å². The molecule has 1 fully saturated rings. The summed E-state index contributed by atoms with van der Waals surface area (Å²) in [5.74, 6) is 0.994. The van der Waals surface area contributed by atoms with E-state index in [1.165, 1.54) is 12.7 Å². The number of hydrogen-bond acceptors (Lipinski definition) is 7. The molecule has 1 saturated heterocycles. The molecule has 0 amide bonds. The molecule has 4 rings (SSSR count). The second-order valence-electron chi connectivity index (χ2n) is 8.82. The summed E-state index contributed by atoms with van der Waals surface area (Å²) in [6.07, 6.45) is 6.12. The third-order valence-electron chi connectivity index (χ3n) is 6.24. The van der Waals surface area contributed by atoms with Gasteiger partial charge in [-0.2, -0.15) is 0 Å². The Labute approximate surface area is 190 Å². The van der Waals surface area contributed by atoms with E-state index < -0.39 is 0 Å². The first-order valence-electron chi connectivity index (χ1n) is 11.5. The molecule has 0 aromatic heterocycles. The Bertz CT molecular complexity index is 904. The van der Waals surface area contributed by atoms with Crippen LogP contribution in [-0.2, 0) is 0 Å². The van der Waals surface area contributed by atoms with E-state index in [0.29, 0.717) is 6.54 Å². The van der Waals surface area contributed by atoms with Crippen molar-refractivity contribution >= 4 is 11.5 Å². The average Bonchev–Trinajstić information content (AvgIpc) is 2.82. The molecule has 174 valence electrons. The van der Waals surface area contributed by atoms with Gasteiger partial charge in [0.15, 0.2) is 11.6 Å². The fraction of sp³-hybridized carbons (Fsp3) is 0.542. The van der Waals surface area contributed by atoms with Crippen LogP contribution in [0.2, 0.25) is 0 Å². The molecular formula is C24H35FN6O. The van der Waals surface area contributed by atoms with E-state index in [-0.39, 0.29) is 17.6 Å². The number of fused-ring (bicyclic) bond motifs is 1. The molecule has 3 heterocycles. The zero-order chi connectivity index (χ0) is 22.5. The minimum absolute atomic E-state index is 0.0447. The van der Waals surface area contributed by atoms with Crippen molar-refractivity contribution in [3.63, 3.8) is 0 Å². The van der Waals surface area contributed by atoms with Crippen LogP contribution >= 0.6 is 0 Å². The van der Waals surface area contributed by atoms with Crippen LogP contribution in [0.4, 0.5) is 10.1 Å². The highest BCUT2D eigenvalue weighted by Gasteiger charge is 2.27. The highest BCUT2D eigenvalue weighted by molar-refractivity contribution is 5.94. The van der Waals surface area contributed by atoms with Crippen molar-refractivity contribution in [2.75, 3.05) is 72.3 Å². The summed E-state index contributed by atoms with van der Waals surface area (Å²) >= 11 is 0. The van der Waals surface area contributed by atoms with Crippen molar-refractivity contribution in [2.24, 2.45) is 4.99 Å². The number of dihydropyridines is 1. The molecule has 7 nitrogen and oxygen atoms in total. The van der Waals surface area contributed by atoms with Crippen LogP contribution in [0.3, 0.4) is 0 Å². The smallest absolute Gasteiger partial charge is 0.165 e. The number of benzene rings is 1. The Hall–Kier alpha value is -2.42. The van der Waals surface area contributed by atoms with Gasteiger partial charge in [0.2, 0.25) is 0 Å². The van der Waals surface area contributed by atoms with Crippen LogP contribution in [0, 0.1) is 5.82 Å². The number of methoxy groups -OCH3 is 1. The van der Waals surface area contributed by atoms with Gasteiger partial charge in [-0.05, 0) is 56.9 Å². The van der Waals surface area contributed by atoms with Crippen molar-refractivity contribution in [1.29, 1.82) is 0 Å². The Balaban J connectivity index is 1.53. The molecule has 3 aliphatic heterocycles. The Morgan fingerprint density at radius 1 is 1.25 bits per heavy atom. The van der Waals surface area contributed by atoms with Crippen molar-refractivity contribution in [1.82, 2.24) is 20.4 Å². The van der Waals surface area contributed by atoms with Crippen LogP contribution in [0.15, 0.2) is 40.5 Å². The lowest BCUT2D eigenvalue weighted by Crippen LogP contribution is -2.46. The summed E-state index contributed by atoms with van der Waals surface area (Å²) in [6, 6.07) is 3.41. The van der Waals surface area contributed by atoms with E-state index >= 15 is 0 Å². The highest BCUT2D eigenvalue weighted by Crippen LogP contribution is 2.39. The molecule has 0 spiro atoms. The van der Waals surface area contributed by atoms with Gasteiger partial charge < -0.3 is 30.5 Å². The number of anilines is 1. The second-order valence-corrected chi connectivity index (χ2v) is 8.82. The molecular weight excluding hydrogens is 407 g/mol. The van der Waals surface area contributed by atoms with Gasteiger partial charge in [-0.1, -0.05) is 6.08 Å². The van der Waals surface area contributed by atoms with Gasteiger partial charge in [-0.15, -0.1) is 0 Å². The fourth-order valence-electron chi connectivity index (χ4n) is 4.46. The molecule has 1 aromatic rings. The summed E-state index contributed by atoms with van der Waals surface area (Å²) in [6.45, 7) is 6.52. The summed E-state index contributed by atoms with van der Waals surface area (Å²) in [5.41, 5.74) is 4.16. The number of piperazine rings is 1. The lowest BCUT2D eigenvalue weighted by molar-refractivity contribution is 0.358. The minimum Gasteiger partial charge on any atom is -0.494 e. The second kappa shape index (κ2) is 10.5. The lowest BCUT2D eigenvalue weighted by Gasteiger charge is -2.33. The van der Waals surface area contributed by atoms with Crippen molar-refractivity contribution in [3.05, 3.63) is 46.9 Å². The number of hydrogen-bond donors (Lipinski definition) is 3. The van der Waals surface area contributed by atoms with E-state index in [1.807, 2.05) is 0 Å². The first-order chi connectivity index (χ1) is 15.5. The van der Waals surface area contributed by atoms with Crippen LogP contribution in [0.25, 0.3) is 0 Å². The van der Waals surface area contributed by atoms with E-state index in [0.717, 1.165) is 74.9 Å². The van der Waals surface area contributed by atoms with E-state index in [9.17, 15) is 4.39 Å². The molecule has 0 radical (unpaired) electrons. The van der Waals surface area contributed by atoms with E-state index in [4.69, 9.17) is 9.73 Å². The molecule has 0 bridgehead atoms. The van der Waals surface area contributed by atoms with Gasteiger partial charge in [-0.3, -0.25) is 4.99 Å². The summed E-state index contributed by atoms with van der Waals surface area (Å²) in [7, 11) is 5.66. The maximum Gasteiger partial charge on any atom is 0.165 e. The van der Waals surface area contributed by atoms with Crippen molar-refractivity contribution < 1.29 is 9.13 Å². The summed E-state index contributed by atoms with van der Waals surface area (Å²) < 4.78 is 19.7. The van der Waals surface area contributed by atoms with Crippen LogP contribution in [0.5, 0.6) is 5.75 Å². The average molecular weight is 443 g/mol. The SMILES string of the molecule is COc1cc2c(cc1F)C(NCCCN(C)C)C/C(=C1/C=CC(N3CCNCC3)=NC1)N2. The van der Waals surface area contributed by atoms with E-state index in [2.05, 4.69) is 52.0 Å².